The van der Waals surface area contributed by atoms with Crippen LogP contribution in [-0.4, -0.2) is 4.92 Å². The van der Waals surface area contributed by atoms with Crippen LogP contribution in [0.4, 0.5) is 5.69 Å². The summed E-state index contributed by atoms with van der Waals surface area (Å²) in [5.41, 5.74) is 2.50. The van der Waals surface area contributed by atoms with Crippen molar-refractivity contribution in [2.75, 3.05) is 0 Å². The molecule has 4 heteroatoms. The van der Waals surface area contributed by atoms with Gasteiger partial charge in [0.1, 0.15) is 0 Å². The molecule has 1 unspecified atom stereocenters. The summed E-state index contributed by atoms with van der Waals surface area (Å²) < 4.78 is 0. The molecule has 0 bridgehead atoms. The van der Waals surface area contributed by atoms with Crippen LogP contribution in [0.15, 0.2) is 18.2 Å². The van der Waals surface area contributed by atoms with Gasteiger partial charge in [-0.3, -0.25) is 10.1 Å². The van der Waals surface area contributed by atoms with Gasteiger partial charge in [0.2, 0.25) is 0 Å². The molecule has 0 amide bonds. The fourth-order valence-electron chi connectivity index (χ4n) is 1.67. The lowest BCUT2D eigenvalue weighted by atomic mass is 10.1. The van der Waals surface area contributed by atoms with Gasteiger partial charge in [-0.25, -0.2) is 0 Å². The van der Waals surface area contributed by atoms with E-state index in [1.54, 1.807) is 12.1 Å². The Labute approximate surface area is 84.0 Å². The average Bonchev–Trinajstić information content (AvgIpc) is 2.47. The van der Waals surface area contributed by atoms with Crippen molar-refractivity contribution in [3.63, 3.8) is 0 Å². The number of alkyl halides is 1. The average molecular weight is 242 g/mol. The molecule has 68 valence electrons. The Bertz CT molecular complexity index is 365. The van der Waals surface area contributed by atoms with Crippen LogP contribution in [0.5, 0.6) is 0 Å². The number of benzene rings is 1. The molecule has 0 saturated carbocycles. The van der Waals surface area contributed by atoms with Crippen LogP contribution in [0, 0.1) is 10.1 Å². The Morgan fingerprint density at radius 3 is 3.00 bits per heavy atom. The van der Waals surface area contributed by atoms with Crippen molar-refractivity contribution in [2.24, 2.45) is 0 Å². The van der Waals surface area contributed by atoms with Crippen molar-refractivity contribution in [1.82, 2.24) is 0 Å². The van der Waals surface area contributed by atoms with Crippen molar-refractivity contribution in [3.8, 4) is 0 Å². The zero-order valence-electron chi connectivity index (χ0n) is 6.87. The molecule has 13 heavy (non-hydrogen) atoms. The molecular formula is C9H8BrNO2. The second-order valence-electron chi connectivity index (χ2n) is 3.15. The van der Waals surface area contributed by atoms with Gasteiger partial charge in [0.15, 0.2) is 0 Å². The van der Waals surface area contributed by atoms with Crippen molar-refractivity contribution >= 4 is 21.6 Å². The zero-order valence-corrected chi connectivity index (χ0v) is 8.45. The number of non-ortho nitro benzene ring substituents is 1. The van der Waals surface area contributed by atoms with Crippen LogP contribution >= 0.6 is 15.9 Å². The molecule has 0 aliphatic heterocycles. The number of nitrogens with zero attached hydrogens (tertiary/aromatic N) is 1. The maximum absolute atomic E-state index is 10.5. The number of halogens is 1. The van der Waals surface area contributed by atoms with Gasteiger partial charge in [-0.15, -0.1) is 0 Å². The highest BCUT2D eigenvalue weighted by atomic mass is 79.9. The third-order valence-corrected chi connectivity index (χ3v) is 3.29. The van der Waals surface area contributed by atoms with E-state index in [1.165, 1.54) is 5.56 Å². The number of rotatable bonds is 1. The van der Waals surface area contributed by atoms with E-state index in [-0.39, 0.29) is 10.6 Å². The molecule has 0 heterocycles. The number of fused-ring (bicyclic) bond motifs is 1. The largest absolute Gasteiger partial charge is 0.269 e. The zero-order chi connectivity index (χ0) is 9.42. The minimum absolute atomic E-state index is 0.195. The lowest BCUT2D eigenvalue weighted by Crippen LogP contribution is -1.90. The first-order valence-electron chi connectivity index (χ1n) is 4.10. The van der Waals surface area contributed by atoms with Crippen molar-refractivity contribution in [3.05, 3.63) is 39.4 Å². The number of hydrogen-bond acceptors (Lipinski definition) is 2. The minimum atomic E-state index is -0.345. The van der Waals surface area contributed by atoms with Crippen LogP contribution in [-0.2, 0) is 6.42 Å². The lowest BCUT2D eigenvalue weighted by Gasteiger charge is -2.01. The Morgan fingerprint density at radius 2 is 2.31 bits per heavy atom. The summed E-state index contributed by atoms with van der Waals surface area (Å²) in [6, 6.07) is 5.09. The molecule has 1 aromatic rings. The van der Waals surface area contributed by atoms with Gasteiger partial charge in [0.05, 0.1) is 4.92 Å². The highest BCUT2D eigenvalue weighted by Gasteiger charge is 2.21. The van der Waals surface area contributed by atoms with Gasteiger partial charge in [0.25, 0.3) is 5.69 Å². The Balaban J connectivity index is 2.45. The highest BCUT2D eigenvalue weighted by molar-refractivity contribution is 9.09. The maximum Gasteiger partial charge on any atom is 0.269 e. The van der Waals surface area contributed by atoms with E-state index in [2.05, 4.69) is 15.9 Å². The predicted molar refractivity (Wildman–Crippen MR) is 53.1 cm³/mol. The normalized spacial score (nSPS) is 19.9. The Kier molecular flexibility index (Phi) is 2.07. The first kappa shape index (κ1) is 8.69. The first-order chi connectivity index (χ1) is 6.18. The van der Waals surface area contributed by atoms with Crippen LogP contribution in [0.1, 0.15) is 22.4 Å². The number of nitro groups is 1. The topological polar surface area (TPSA) is 43.1 Å². The fraction of sp³-hybridized carbons (Fsp3) is 0.333. The lowest BCUT2D eigenvalue weighted by molar-refractivity contribution is -0.384. The summed E-state index contributed by atoms with van der Waals surface area (Å²) in [7, 11) is 0. The van der Waals surface area contributed by atoms with Crippen molar-refractivity contribution in [1.29, 1.82) is 0 Å². The molecule has 3 nitrogen and oxygen atoms in total. The van der Waals surface area contributed by atoms with E-state index in [0.717, 1.165) is 18.4 Å². The van der Waals surface area contributed by atoms with Crippen LogP contribution < -0.4 is 0 Å². The summed E-state index contributed by atoms with van der Waals surface area (Å²) in [6.45, 7) is 0. The van der Waals surface area contributed by atoms with Gasteiger partial charge in [0, 0.05) is 17.0 Å². The molecular weight excluding hydrogens is 234 g/mol. The van der Waals surface area contributed by atoms with E-state index < -0.39 is 0 Å². The van der Waals surface area contributed by atoms with Crippen LogP contribution in [0.3, 0.4) is 0 Å². The summed E-state index contributed by atoms with van der Waals surface area (Å²) in [5.74, 6) is 0. The molecule has 1 aliphatic carbocycles. The number of aryl methyl sites for hydroxylation is 1. The predicted octanol–water partition coefficient (Wildman–Crippen LogP) is 2.98. The van der Waals surface area contributed by atoms with Gasteiger partial charge < -0.3 is 0 Å². The second kappa shape index (κ2) is 3.10. The molecule has 0 radical (unpaired) electrons. The van der Waals surface area contributed by atoms with E-state index in [1.807, 2.05) is 6.07 Å². The Hall–Kier alpha value is -0.900. The molecule has 0 saturated heterocycles. The summed E-state index contributed by atoms with van der Waals surface area (Å²) >= 11 is 3.53. The minimum Gasteiger partial charge on any atom is -0.258 e. The van der Waals surface area contributed by atoms with E-state index in [9.17, 15) is 10.1 Å². The van der Waals surface area contributed by atoms with Gasteiger partial charge in [-0.05, 0) is 24.0 Å². The molecule has 0 N–H and O–H groups in total. The van der Waals surface area contributed by atoms with Crippen molar-refractivity contribution in [2.45, 2.75) is 17.7 Å². The molecule has 0 fully saturated rings. The summed E-state index contributed by atoms with van der Waals surface area (Å²) in [5, 5.41) is 10.5. The SMILES string of the molecule is O=[N+]([O-])c1ccc2c(c1)CCC2Br. The number of hydrogen-bond donors (Lipinski definition) is 0. The standard InChI is InChI=1S/C9H8BrNO2/c10-9-4-1-6-5-7(11(12)13)2-3-8(6)9/h2-3,5,9H,1,4H2. The quantitative estimate of drug-likeness (QED) is 0.431. The number of nitro benzene ring substituents is 1. The first-order valence-corrected chi connectivity index (χ1v) is 5.01. The highest BCUT2D eigenvalue weighted by Crippen LogP contribution is 2.38. The molecule has 2 rings (SSSR count). The summed E-state index contributed by atoms with van der Waals surface area (Å²) in [6.07, 6.45) is 1.98. The van der Waals surface area contributed by atoms with E-state index in [0.29, 0.717) is 4.83 Å². The smallest absolute Gasteiger partial charge is 0.258 e. The van der Waals surface area contributed by atoms with Crippen LogP contribution in [0.25, 0.3) is 0 Å². The Morgan fingerprint density at radius 1 is 1.54 bits per heavy atom. The third-order valence-electron chi connectivity index (χ3n) is 2.34. The molecule has 1 atom stereocenters. The fourth-order valence-corrected chi connectivity index (χ4v) is 2.34. The maximum atomic E-state index is 10.5. The van der Waals surface area contributed by atoms with E-state index in [4.69, 9.17) is 0 Å². The second-order valence-corrected chi connectivity index (χ2v) is 4.25. The molecule has 0 aromatic heterocycles. The van der Waals surface area contributed by atoms with E-state index >= 15 is 0 Å². The molecule has 1 aliphatic rings. The van der Waals surface area contributed by atoms with Crippen LogP contribution in [0.2, 0.25) is 0 Å². The summed E-state index contributed by atoms with van der Waals surface area (Å²) in [4.78, 5) is 10.5. The van der Waals surface area contributed by atoms with Gasteiger partial charge in [-0.2, -0.15) is 0 Å². The van der Waals surface area contributed by atoms with Gasteiger partial charge >= 0.3 is 0 Å². The van der Waals surface area contributed by atoms with Crippen molar-refractivity contribution < 1.29 is 4.92 Å². The van der Waals surface area contributed by atoms with Gasteiger partial charge in [-0.1, -0.05) is 22.0 Å². The molecule has 0 spiro atoms. The third kappa shape index (κ3) is 1.46. The molecule has 1 aromatic carbocycles. The monoisotopic (exact) mass is 241 g/mol.